The number of benzene rings is 3. The summed E-state index contributed by atoms with van der Waals surface area (Å²) in [6.07, 6.45) is 5.78. The van der Waals surface area contributed by atoms with E-state index in [4.69, 9.17) is 9.15 Å². The van der Waals surface area contributed by atoms with Crippen LogP contribution in [0.15, 0.2) is 119 Å². The Labute approximate surface area is 174 Å². The molecule has 148 valence electrons. The van der Waals surface area contributed by atoms with Crippen molar-refractivity contribution in [1.82, 2.24) is 0 Å². The van der Waals surface area contributed by atoms with Crippen molar-refractivity contribution in [1.29, 1.82) is 0 Å². The second kappa shape index (κ2) is 8.97. The standard InChI is InChI=1S/C17H14O2.C9H6O2/c18-16-8-4-7-15(11-16)17-12-14(9-10-19-17)13-5-2-1-3-6-13;10-9-6-5-7-3-1-2-4-8(7)11-9/h1-12,14,18H;1-6H. The van der Waals surface area contributed by atoms with Gasteiger partial charge in [-0.3, -0.25) is 0 Å². The highest BCUT2D eigenvalue weighted by Crippen LogP contribution is 2.30. The Kier molecular flexibility index (Phi) is 5.76. The minimum atomic E-state index is -0.302. The molecular formula is C26H20O4. The molecule has 0 fully saturated rings. The molecule has 1 atom stereocenters. The molecule has 2 heterocycles. The number of phenols is 1. The Morgan fingerprint density at radius 2 is 1.60 bits per heavy atom. The average Bonchev–Trinajstić information content (AvgIpc) is 2.80. The molecule has 1 N–H and O–H groups in total. The van der Waals surface area contributed by atoms with Crippen molar-refractivity contribution in [2.24, 2.45) is 0 Å². The van der Waals surface area contributed by atoms with E-state index in [1.54, 1.807) is 30.5 Å². The number of ether oxygens (including phenoxy) is 1. The molecule has 0 spiro atoms. The number of hydrogen-bond acceptors (Lipinski definition) is 4. The Morgan fingerprint density at radius 1 is 0.800 bits per heavy atom. The summed E-state index contributed by atoms with van der Waals surface area (Å²) in [7, 11) is 0. The monoisotopic (exact) mass is 396 g/mol. The average molecular weight is 396 g/mol. The molecule has 30 heavy (non-hydrogen) atoms. The van der Waals surface area contributed by atoms with Gasteiger partial charge in [0.25, 0.3) is 0 Å². The van der Waals surface area contributed by atoms with E-state index < -0.39 is 0 Å². The van der Waals surface area contributed by atoms with Crippen LogP contribution in [-0.4, -0.2) is 5.11 Å². The zero-order valence-electron chi connectivity index (χ0n) is 16.1. The Bertz CT molecular complexity index is 1250. The first-order chi connectivity index (χ1) is 14.7. The highest BCUT2D eigenvalue weighted by atomic mass is 16.5. The van der Waals surface area contributed by atoms with Crippen LogP contribution in [0.2, 0.25) is 0 Å². The maximum atomic E-state index is 10.7. The van der Waals surface area contributed by atoms with Crippen LogP contribution in [0, 0.1) is 0 Å². The van der Waals surface area contributed by atoms with Gasteiger partial charge in [0.1, 0.15) is 17.1 Å². The smallest absolute Gasteiger partial charge is 0.336 e. The van der Waals surface area contributed by atoms with Gasteiger partial charge in [-0.1, -0.05) is 60.7 Å². The van der Waals surface area contributed by atoms with Gasteiger partial charge >= 0.3 is 5.63 Å². The fourth-order valence-electron chi connectivity index (χ4n) is 3.17. The lowest BCUT2D eigenvalue weighted by molar-refractivity contribution is 0.423. The lowest BCUT2D eigenvalue weighted by Crippen LogP contribution is -1.99. The summed E-state index contributed by atoms with van der Waals surface area (Å²) in [5.41, 5.74) is 2.44. The van der Waals surface area contributed by atoms with Gasteiger partial charge in [-0.05, 0) is 42.0 Å². The van der Waals surface area contributed by atoms with Crippen LogP contribution >= 0.6 is 0 Å². The summed E-state index contributed by atoms with van der Waals surface area (Å²) in [6.45, 7) is 0. The normalized spacial score (nSPS) is 14.9. The van der Waals surface area contributed by atoms with Crippen molar-refractivity contribution in [3.63, 3.8) is 0 Å². The molecule has 0 saturated carbocycles. The number of allylic oxidation sites excluding steroid dienone is 2. The molecule has 1 aromatic heterocycles. The van der Waals surface area contributed by atoms with Gasteiger partial charge in [-0.2, -0.15) is 0 Å². The fraction of sp³-hybridized carbons (Fsp3) is 0.0385. The number of phenolic OH excluding ortho intramolecular Hbond substituents is 1. The fourth-order valence-corrected chi connectivity index (χ4v) is 3.17. The molecule has 4 aromatic rings. The second-order valence-corrected chi connectivity index (χ2v) is 6.76. The molecule has 1 aliphatic rings. The largest absolute Gasteiger partial charge is 0.508 e. The molecule has 1 aliphatic heterocycles. The molecule has 0 aliphatic carbocycles. The van der Waals surface area contributed by atoms with E-state index in [-0.39, 0.29) is 17.3 Å². The topological polar surface area (TPSA) is 59.7 Å². The van der Waals surface area contributed by atoms with E-state index in [9.17, 15) is 9.90 Å². The van der Waals surface area contributed by atoms with Gasteiger partial charge < -0.3 is 14.3 Å². The van der Waals surface area contributed by atoms with Crippen LogP contribution in [-0.2, 0) is 4.74 Å². The third kappa shape index (κ3) is 4.67. The summed E-state index contributed by atoms with van der Waals surface area (Å²) < 4.78 is 10.4. The summed E-state index contributed by atoms with van der Waals surface area (Å²) in [5, 5.41) is 10.5. The quantitative estimate of drug-likeness (QED) is 0.432. The van der Waals surface area contributed by atoms with Crippen molar-refractivity contribution in [3.05, 3.63) is 131 Å². The molecule has 0 radical (unpaired) electrons. The third-order valence-electron chi connectivity index (χ3n) is 4.66. The predicted molar refractivity (Wildman–Crippen MR) is 118 cm³/mol. The van der Waals surface area contributed by atoms with Crippen molar-refractivity contribution < 1.29 is 14.3 Å². The second-order valence-electron chi connectivity index (χ2n) is 6.76. The van der Waals surface area contributed by atoms with Gasteiger partial charge in [0.2, 0.25) is 0 Å². The first kappa shape index (κ1) is 19.3. The van der Waals surface area contributed by atoms with Gasteiger partial charge in [-0.15, -0.1) is 0 Å². The minimum absolute atomic E-state index is 0.201. The molecule has 5 rings (SSSR count). The highest BCUT2D eigenvalue weighted by molar-refractivity contribution is 5.75. The number of aromatic hydroxyl groups is 1. The van der Waals surface area contributed by atoms with Crippen LogP contribution in [0.5, 0.6) is 5.75 Å². The minimum Gasteiger partial charge on any atom is -0.508 e. The number of hydrogen-bond donors (Lipinski definition) is 1. The molecule has 3 aromatic carbocycles. The van der Waals surface area contributed by atoms with Crippen molar-refractivity contribution >= 4 is 16.7 Å². The van der Waals surface area contributed by atoms with Gasteiger partial charge in [-0.25, -0.2) is 4.79 Å². The van der Waals surface area contributed by atoms with Crippen LogP contribution in [0.4, 0.5) is 0 Å². The van der Waals surface area contributed by atoms with E-state index in [2.05, 4.69) is 18.2 Å². The molecule has 1 unspecified atom stereocenters. The summed E-state index contributed by atoms with van der Waals surface area (Å²) in [5.74, 6) is 1.22. The van der Waals surface area contributed by atoms with Crippen LogP contribution < -0.4 is 5.63 Å². The van der Waals surface area contributed by atoms with E-state index in [0.29, 0.717) is 5.58 Å². The van der Waals surface area contributed by atoms with Gasteiger partial charge in [0, 0.05) is 22.9 Å². The van der Waals surface area contributed by atoms with Crippen molar-refractivity contribution in [2.45, 2.75) is 5.92 Å². The van der Waals surface area contributed by atoms with E-state index in [0.717, 1.165) is 16.7 Å². The lowest BCUT2D eigenvalue weighted by atomic mass is 9.96. The summed E-state index contributed by atoms with van der Waals surface area (Å²) in [4.78, 5) is 10.7. The molecular weight excluding hydrogens is 376 g/mol. The molecule has 0 bridgehead atoms. The molecule has 0 amide bonds. The van der Waals surface area contributed by atoms with Crippen LogP contribution in [0.1, 0.15) is 17.0 Å². The maximum absolute atomic E-state index is 10.7. The maximum Gasteiger partial charge on any atom is 0.336 e. The number of para-hydroxylation sites is 1. The van der Waals surface area contributed by atoms with E-state index in [1.165, 1.54) is 11.6 Å². The molecule has 4 nitrogen and oxygen atoms in total. The molecule has 0 saturated heterocycles. The Balaban J connectivity index is 0.000000168. The molecule has 4 heteroatoms. The summed E-state index contributed by atoms with van der Waals surface area (Å²) in [6, 6.07) is 27.9. The highest BCUT2D eigenvalue weighted by Gasteiger charge is 2.13. The number of fused-ring (bicyclic) bond motifs is 1. The van der Waals surface area contributed by atoms with Crippen LogP contribution in [0.25, 0.3) is 16.7 Å². The van der Waals surface area contributed by atoms with Gasteiger partial charge in [0.05, 0.1) is 6.26 Å². The van der Waals surface area contributed by atoms with Gasteiger partial charge in [0.15, 0.2) is 0 Å². The lowest BCUT2D eigenvalue weighted by Gasteiger charge is -2.17. The van der Waals surface area contributed by atoms with Crippen LogP contribution in [0.3, 0.4) is 0 Å². The third-order valence-corrected chi connectivity index (χ3v) is 4.66. The summed E-state index contributed by atoms with van der Waals surface area (Å²) >= 11 is 0. The van der Waals surface area contributed by atoms with E-state index in [1.807, 2.05) is 54.6 Å². The Morgan fingerprint density at radius 3 is 2.43 bits per heavy atom. The van der Waals surface area contributed by atoms with Crippen molar-refractivity contribution in [2.75, 3.05) is 0 Å². The van der Waals surface area contributed by atoms with Crippen molar-refractivity contribution in [3.8, 4) is 5.75 Å². The SMILES string of the molecule is O=c1ccc2ccccc2o1.Oc1cccc(C2=CC(c3ccccc3)C=CO2)c1. The predicted octanol–water partition coefficient (Wildman–Crippen LogP) is 5.85. The zero-order chi connectivity index (χ0) is 20.8. The first-order valence-corrected chi connectivity index (χ1v) is 9.57. The number of rotatable bonds is 2. The zero-order valence-corrected chi connectivity index (χ0v) is 16.1. The Hall–Kier alpha value is -4.05. The van der Waals surface area contributed by atoms with E-state index >= 15 is 0 Å². The first-order valence-electron chi connectivity index (χ1n) is 9.57.